The maximum Gasteiger partial charge on any atom is 0.270 e. The summed E-state index contributed by atoms with van der Waals surface area (Å²) in [6.45, 7) is 1.55. The molecule has 7 heteroatoms. The predicted octanol–water partition coefficient (Wildman–Crippen LogP) is -1.58. The number of quaternary nitrogens is 1. The normalized spacial score (nSPS) is 17.8. The van der Waals surface area contributed by atoms with Crippen LogP contribution in [0.2, 0.25) is 0 Å². The van der Waals surface area contributed by atoms with Crippen molar-refractivity contribution in [1.82, 2.24) is 0 Å². The summed E-state index contributed by atoms with van der Waals surface area (Å²) in [6.07, 6.45) is 0.190. The van der Waals surface area contributed by atoms with Crippen LogP contribution in [0.4, 0.5) is 0 Å². The largest absolute Gasteiger partial charge is 0.600 e. The van der Waals surface area contributed by atoms with Gasteiger partial charge in [-0.2, -0.15) is 8.42 Å². The van der Waals surface area contributed by atoms with E-state index in [1.54, 1.807) is 6.92 Å². The van der Waals surface area contributed by atoms with Gasteiger partial charge in [-0.3, -0.25) is 4.55 Å². The Morgan fingerprint density at radius 1 is 1.64 bits per heavy atom. The molecule has 6 nitrogen and oxygen atoms in total. The van der Waals surface area contributed by atoms with Crippen molar-refractivity contribution in [2.24, 2.45) is 0 Å². The molecule has 2 unspecified atom stereocenters. The summed E-state index contributed by atoms with van der Waals surface area (Å²) in [5, 5.41) is 17.4. The van der Waals surface area contributed by atoms with Crippen molar-refractivity contribution in [1.29, 1.82) is 0 Å². The Kier molecular flexibility index (Phi) is 3.90. The van der Waals surface area contributed by atoms with Crippen LogP contribution in [-0.2, 0) is 10.1 Å². The van der Waals surface area contributed by atoms with Gasteiger partial charge in [-0.15, -0.1) is 0 Å². The van der Waals surface area contributed by atoms with Crippen molar-refractivity contribution in [3.05, 3.63) is 5.21 Å². The first-order valence-electron chi connectivity index (χ1n) is 3.04. The Bertz CT molecular complexity index is 199. The van der Waals surface area contributed by atoms with Crippen molar-refractivity contribution in [3.8, 4) is 0 Å². The van der Waals surface area contributed by atoms with Crippen LogP contribution in [-0.4, -0.2) is 30.0 Å². The molecule has 0 aliphatic heterocycles. The fourth-order valence-electron chi connectivity index (χ4n) is 0.618. The van der Waals surface area contributed by atoms with Gasteiger partial charge in [-0.05, 0) is 0 Å². The molecule has 3 N–H and O–H groups in total. The van der Waals surface area contributed by atoms with Gasteiger partial charge in [-0.25, -0.2) is 10.4 Å². The quantitative estimate of drug-likeness (QED) is 0.362. The van der Waals surface area contributed by atoms with Gasteiger partial charge in [0.15, 0.2) is 0 Å². The van der Waals surface area contributed by atoms with Crippen LogP contribution in [0.25, 0.3) is 0 Å². The van der Waals surface area contributed by atoms with Gasteiger partial charge in [0.05, 0.1) is 0 Å². The SMILES string of the molecule is CCC(CS(=O)(=O)O)[NH+]([O-])O. The number of hydrogen-bond acceptors (Lipinski definition) is 4. The first-order valence-corrected chi connectivity index (χ1v) is 4.65. The lowest BCUT2D eigenvalue weighted by atomic mass is 10.3. The molecule has 0 amide bonds. The average molecular weight is 185 g/mol. The zero-order chi connectivity index (χ0) is 9.07. The van der Waals surface area contributed by atoms with Crippen molar-refractivity contribution < 1.29 is 23.4 Å². The molecular weight excluding hydrogens is 174 g/mol. The Morgan fingerprint density at radius 3 is 2.18 bits per heavy atom. The van der Waals surface area contributed by atoms with E-state index in [9.17, 15) is 13.6 Å². The van der Waals surface area contributed by atoms with Crippen molar-refractivity contribution in [3.63, 3.8) is 0 Å². The molecule has 0 aromatic carbocycles. The lowest BCUT2D eigenvalue weighted by Crippen LogP contribution is -3.09. The van der Waals surface area contributed by atoms with Gasteiger partial charge in [0.1, 0.15) is 11.8 Å². The molecule has 0 aliphatic rings. The molecular formula is C4H11NO5S. The van der Waals surface area contributed by atoms with E-state index in [1.165, 1.54) is 0 Å². The Hall–Kier alpha value is -0.210. The smallest absolute Gasteiger partial charge is 0.270 e. The molecule has 0 bridgehead atoms. The van der Waals surface area contributed by atoms with Crippen LogP contribution < -0.4 is 5.23 Å². The maximum absolute atomic E-state index is 10.2. The highest BCUT2D eigenvalue weighted by Gasteiger charge is 2.19. The second-order valence-electron chi connectivity index (χ2n) is 2.19. The molecule has 0 aromatic rings. The van der Waals surface area contributed by atoms with Crippen LogP contribution in [0.15, 0.2) is 0 Å². The first-order chi connectivity index (χ1) is 4.87. The van der Waals surface area contributed by atoms with E-state index < -0.39 is 27.1 Å². The fraction of sp³-hybridized carbons (Fsp3) is 1.00. The van der Waals surface area contributed by atoms with Gasteiger partial charge in [0.25, 0.3) is 10.1 Å². The molecule has 11 heavy (non-hydrogen) atoms. The van der Waals surface area contributed by atoms with E-state index >= 15 is 0 Å². The highest BCUT2D eigenvalue weighted by molar-refractivity contribution is 7.85. The molecule has 0 aliphatic carbocycles. The molecule has 0 rings (SSSR count). The van der Waals surface area contributed by atoms with E-state index in [1.807, 2.05) is 0 Å². The second-order valence-corrected chi connectivity index (χ2v) is 3.69. The first kappa shape index (κ1) is 10.8. The van der Waals surface area contributed by atoms with Crippen LogP contribution in [0.3, 0.4) is 0 Å². The van der Waals surface area contributed by atoms with Gasteiger partial charge < -0.3 is 5.21 Å². The Labute approximate surface area is 64.7 Å². The Morgan fingerprint density at radius 2 is 2.09 bits per heavy atom. The lowest BCUT2D eigenvalue weighted by Gasteiger charge is -2.21. The van der Waals surface area contributed by atoms with Crippen molar-refractivity contribution in [2.75, 3.05) is 5.75 Å². The summed E-state index contributed by atoms with van der Waals surface area (Å²) >= 11 is 0. The third kappa shape index (κ3) is 5.10. The minimum atomic E-state index is -4.16. The second kappa shape index (κ2) is 3.98. The van der Waals surface area contributed by atoms with Crippen LogP contribution in [0.1, 0.15) is 13.3 Å². The summed E-state index contributed by atoms with van der Waals surface area (Å²) in [5.74, 6) is -0.709. The zero-order valence-electron chi connectivity index (χ0n) is 6.02. The molecule has 0 fully saturated rings. The summed E-state index contributed by atoms with van der Waals surface area (Å²) < 4.78 is 28.7. The summed E-state index contributed by atoms with van der Waals surface area (Å²) in [5.41, 5.74) is 0. The fourth-order valence-corrected chi connectivity index (χ4v) is 1.50. The van der Waals surface area contributed by atoms with Crippen LogP contribution >= 0.6 is 0 Å². The van der Waals surface area contributed by atoms with Crippen molar-refractivity contribution in [2.45, 2.75) is 19.4 Å². The molecule has 0 saturated carbocycles. The molecule has 0 spiro atoms. The number of hydrogen-bond donors (Lipinski definition) is 3. The van der Waals surface area contributed by atoms with Crippen LogP contribution in [0, 0.1) is 5.21 Å². The molecule has 0 aromatic heterocycles. The highest BCUT2D eigenvalue weighted by Crippen LogP contribution is 1.90. The summed E-state index contributed by atoms with van der Waals surface area (Å²) in [4.78, 5) is 0. The van der Waals surface area contributed by atoms with Crippen LogP contribution in [0.5, 0.6) is 0 Å². The third-order valence-corrected chi connectivity index (χ3v) is 2.08. The van der Waals surface area contributed by atoms with Gasteiger partial charge in [0, 0.05) is 6.42 Å². The predicted molar refractivity (Wildman–Crippen MR) is 36.6 cm³/mol. The molecule has 2 atom stereocenters. The third-order valence-electron chi connectivity index (χ3n) is 1.25. The average Bonchev–Trinajstić information content (AvgIpc) is 1.80. The van der Waals surface area contributed by atoms with Gasteiger partial charge >= 0.3 is 0 Å². The van der Waals surface area contributed by atoms with Crippen molar-refractivity contribution >= 4 is 10.1 Å². The minimum absolute atomic E-state index is 0.190. The standard InChI is InChI=1S/C4H11NO5S/c1-2-4(5(6)7)3-11(8,9)10/h4-6H,2-3H2,1H3,(H,8,9,10). The lowest BCUT2D eigenvalue weighted by molar-refractivity contribution is -1.06. The summed E-state index contributed by atoms with van der Waals surface area (Å²) in [6, 6.07) is -1.01. The Balaban J connectivity index is 4.10. The number of nitrogens with one attached hydrogen (secondary N) is 1. The van der Waals surface area contributed by atoms with Gasteiger partial charge in [-0.1, -0.05) is 6.92 Å². The zero-order valence-corrected chi connectivity index (χ0v) is 6.84. The maximum atomic E-state index is 10.2. The van der Waals surface area contributed by atoms with E-state index in [0.29, 0.717) is 0 Å². The summed E-state index contributed by atoms with van der Waals surface area (Å²) in [7, 11) is -4.16. The number of rotatable bonds is 4. The monoisotopic (exact) mass is 185 g/mol. The molecule has 0 saturated heterocycles. The minimum Gasteiger partial charge on any atom is -0.600 e. The van der Waals surface area contributed by atoms with E-state index in [0.717, 1.165) is 0 Å². The topological polar surface area (TPSA) is 102 Å². The van der Waals surface area contributed by atoms with E-state index in [4.69, 9.17) is 9.76 Å². The van der Waals surface area contributed by atoms with Gasteiger partial charge in [0.2, 0.25) is 0 Å². The highest BCUT2D eigenvalue weighted by atomic mass is 32.2. The van der Waals surface area contributed by atoms with E-state index in [-0.39, 0.29) is 6.42 Å². The molecule has 0 radical (unpaired) electrons. The van der Waals surface area contributed by atoms with E-state index in [2.05, 4.69) is 0 Å². The molecule has 68 valence electrons. The molecule has 0 heterocycles. The number of hydroxylamine groups is 2.